The average molecular weight is 214 g/mol. The van der Waals surface area contributed by atoms with Gasteiger partial charge in [-0.3, -0.25) is 4.79 Å². The summed E-state index contributed by atoms with van der Waals surface area (Å²) in [4.78, 5) is 11.5. The second-order valence-electron chi connectivity index (χ2n) is 4.07. The molecule has 0 radical (unpaired) electrons. The topological polar surface area (TPSA) is 50.4 Å². The maximum Gasteiger partial charge on any atom is 0.221 e. The molecule has 1 heterocycles. The number of ether oxygens (including phenoxy) is 1. The van der Waals surface area contributed by atoms with Crippen molar-refractivity contribution in [2.75, 3.05) is 19.7 Å². The first kappa shape index (κ1) is 12.5. The van der Waals surface area contributed by atoms with Gasteiger partial charge in [-0.05, 0) is 33.2 Å². The highest BCUT2D eigenvalue weighted by molar-refractivity contribution is 5.76. The summed E-state index contributed by atoms with van der Waals surface area (Å²) in [6.07, 6.45) is 3.01. The van der Waals surface area contributed by atoms with Gasteiger partial charge in [0.15, 0.2) is 0 Å². The van der Waals surface area contributed by atoms with Crippen LogP contribution in [0.2, 0.25) is 0 Å². The van der Waals surface area contributed by atoms with E-state index >= 15 is 0 Å². The minimum Gasteiger partial charge on any atom is -0.377 e. The van der Waals surface area contributed by atoms with E-state index in [1.54, 1.807) is 0 Å². The molecule has 0 aromatic rings. The van der Waals surface area contributed by atoms with Crippen LogP contribution in [0.3, 0.4) is 0 Å². The molecule has 0 bridgehead atoms. The Bertz CT molecular complexity index is 191. The van der Waals surface area contributed by atoms with Gasteiger partial charge in [-0.2, -0.15) is 0 Å². The lowest BCUT2D eigenvalue weighted by Crippen LogP contribution is -2.36. The molecule has 1 aliphatic rings. The fourth-order valence-corrected chi connectivity index (χ4v) is 1.83. The van der Waals surface area contributed by atoms with Crippen LogP contribution in [0, 0.1) is 0 Å². The highest BCUT2D eigenvalue weighted by atomic mass is 16.5. The van der Waals surface area contributed by atoms with Crippen molar-refractivity contribution in [2.45, 2.75) is 45.3 Å². The summed E-state index contributed by atoms with van der Waals surface area (Å²) in [5.74, 6) is 0.126. The molecule has 2 atom stereocenters. The third-order valence-electron chi connectivity index (χ3n) is 2.63. The molecule has 1 saturated heterocycles. The van der Waals surface area contributed by atoms with Crippen molar-refractivity contribution in [1.82, 2.24) is 10.6 Å². The molecule has 2 unspecified atom stereocenters. The Hall–Kier alpha value is -0.610. The van der Waals surface area contributed by atoms with E-state index in [0.29, 0.717) is 25.6 Å². The number of amides is 1. The molecule has 0 aromatic heterocycles. The summed E-state index contributed by atoms with van der Waals surface area (Å²) in [6, 6.07) is 0.382. The highest BCUT2D eigenvalue weighted by Crippen LogP contribution is 2.08. The molecule has 1 fully saturated rings. The SMILES string of the molecule is CCOC(C)CNC(=O)CC1CCCN1. The van der Waals surface area contributed by atoms with Crippen molar-refractivity contribution in [3.8, 4) is 0 Å². The maximum atomic E-state index is 11.5. The van der Waals surface area contributed by atoms with Crippen molar-refractivity contribution in [1.29, 1.82) is 0 Å². The van der Waals surface area contributed by atoms with Crippen LogP contribution in [0.15, 0.2) is 0 Å². The Morgan fingerprint density at radius 3 is 3.07 bits per heavy atom. The number of hydrogen-bond acceptors (Lipinski definition) is 3. The summed E-state index contributed by atoms with van der Waals surface area (Å²) in [5, 5.41) is 6.20. The molecular weight excluding hydrogens is 192 g/mol. The van der Waals surface area contributed by atoms with E-state index in [4.69, 9.17) is 4.74 Å². The van der Waals surface area contributed by atoms with E-state index in [1.165, 1.54) is 6.42 Å². The van der Waals surface area contributed by atoms with Gasteiger partial charge >= 0.3 is 0 Å². The van der Waals surface area contributed by atoms with E-state index in [1.807, 2.05) is 13.8 Å². The van der Waals surface area contributed by atoms with E-state index in [-0.39, 0.29) is 12.0 Å². The van der Waals surface area contributed by atoms with E-state index in [2.05, 4.69) is 10.6 Å². The van der Waals surface area contributed by atoms with Crippen LogP contribution in [0.25, 0.3) is 0 Å². The van der Waals surface area contributed by atoms with Crippen LogP contribution >= 0.6 is 0 Å². The Kier molecular flexibility index (Phi) is 5.65. The predicted octanol–water partition coefficient (Wildman–Crippen LogP) is 0.670. The van der Waals surface area contributed by atoms with Gasteiger partial charge in [0, 0.05) is 25.6 Å². The first-order valence-corrected chi connectivity index (χ1v) is 5.84. The molecule has 0 aromatic carbocycles. The first-order valence-electron chi connectivity index (χ1n) is 5.84. The molecule has 0 spiro atoms. The lowest BCUT2D eigenvalue weighted by atomic mass is 10.1. The predicted molar refractivity (Wildman–Crippen MR) is 59.7 cm³/mol. The maximum absolute atomic E-state index is 11.5. The zero-order valence-corrected chi connectivity index (χ0v) is 9.71. The fraction of sp³-hybridized carbons (Fsp3) is 0.909. The Labute approximate surface area is 91.8 Å². The van der Waals surface area contributed by atoms with Gasteiger partial charge in [0.2, 0.25) is 5.91 Å². The molecule has 0 aliphatic carbocycles. The van der Waals surface area contributed by atoms with Crippen molar-refractivity contribution < 1.29 is 9.53 Å². The summed E-state index contributed by atoms with van der Waals surface area (Å²) >= 11 is 0. The van der Waals surface area contributed by atoms with E-state index in [9.17, 15) is 4.79 Å². The number of carbonyl (C=O) groups is 1. The number of carbonyl (C=O) groups excluding carboxylic acids is 1. The molecule has 88 valence electrons. The van der Waals surface area contributed by atoms with Gasteiger partial charge in [-0.25, -0.2) is 0 Å². The Morgan fingerprint density at radius 2 is 2.47 bits per heavy atom. The lowest BCUT2D eigenvalue weighted by molar-refractivity contribution is -0.122. The van der Waals surface area contributed by atoms with Crippen LogP contribution in [-0.4, -0.2) is 37.7 Å². The largest absolute Gasteiger partial charge is 0.377 e. The number of rotatable bonds is 6. The third kappa shape index (κ3) is 5.14. The molecule has 4 nitrogen and oxygen atoms in total. The smallest absolute Gasteiger partial charge is 0.221 e. The monoisotopic (exact) mass is 214 g/mol. The van der Waals surface area contributed by atoms with Gasteiger partial charge in [0.1, 0.15) is 0 Å². The van der Waals surface area contributed by atoms with Gasteiger partial charge in [-0.1, -0.05) is 0 Å². The minimum atomic E-state index is 0.107. The molecule has 4 heteroatoms. The summed E-state index contributed by atoms with van der Waals surface area (Å²) in [7, 11) is 0. The highest BCUT2D eigenvalue weighted by Gasteiger charge is 2.17. The average Bonchev–Trinajstić information content (AvgIpc) is 2.68. The second kappa shape index (κ2) is 6.80. The number of hydrogen-bond donors (Lipinski definition) is 2. The van der Waals surface area contributed by atoms with Crippen LogP contribution in [-0.2, 0) is 9.53 Å². The molecule has 15 heavy (non-hydrogen) atoms. The fourth-order valence-electron chi connectivity index (χ4n) is 1.83. The second-order valence-corrected chi connectivity index (χ2v) is 4.07. The normalized spacial score (nSPS) is 22.7. The zero-order chi connectivity index (χ0) is 11.1. The van der Waals surface area contributed by atoms with Crippen LogP contribution in [0.1, 0.15) is 33.1 Å². The van der Waals surface area contributed by atoms with E-state index < -0.39 is 0 Å². The molecule has 0 saturated carbocycles. The van der Waals surface area contributed by atoms with Crippen molar-refractivity contribution in [3.63, 3.8) is 0 Å². The summed E-state index contributed by atoms with van der Waals surface area (Å²) in [6.45, 7) is 6.28. The molecule has 1 amide bonds. The summed E-state index contributed by atoms with van der Waals surface area (Å²) < 4.78 is 5.33. The van der Waals surface area contributed by atoms with Gasteiger partial charge in [-0.15, -0.1) is 0 Å². The van der Waals surface area contributed by atoms with Gasteiger partial charge < -0.3 is 15.4 Å². The standard InChI is InChI=1S/C11H22N2O2/c1-3-15-9(2)8-13-11(14)7-10-5-4-6-12-10/h9-10,12H,3-8H2,1-2H3,(H,13,14). The minimum absolute atomic E-state index is 0.107. The third-order valence-corrected chi connectivity index (χ3v) is 2.63. The van der Waals surface area contributed by atoms with Crippen molar-refractivity contribution in [2.24, 2.45) is 0 Å². The van der Waals surface area contributed by atoms with Gasteiger partial charge in [0.25, 0.3) is 0 Å². The van der Waals surface area contributed by atoms with Crippen molar-refractivity contribution >= 4 is 5.91 Å². The number of nitrogens with one attached hydrogen (secondary N) is 2. The van der Waals surface area contributed by atoms with E-state index in [0.717, 1.165) is 13.0 Å². The van der Waals surface area contributed by atoms with Crippen molar-refractivity contribution in [3.05, 3.63) is 0 Å². The summed E-state index contributed by atoms with van der Waals surface area (Å²) in [5.41, 5.74) is 0. The Balaban J connectivity index is 2.07. The zero-order valence-electron chi connectivity index (χ0n) is 9.71. The molecular formula is C11H22N2O2. The molecule has 2 N–H and O–H groups in total. The quantitative estimate of drug-likeness (QED) is 0.683. The van der Waals surface area contributed by atoms with Crippen LogP contribution < -0.4 is 10.6 Å². The molecule has 1 rings (SSSR count). The van der Waals surface area contributed by atoms with Crippen LogP contribution in [0.5, 0.6) is 0 Å². The van der Waals surface area contributed by atoms with Gasteiger partial charge in [0.05, 0.1) is 6.10 Å². The first-order chi connectivity index (χ1) is 7.22. The lowest BCUT2D eigenvalue weighted by Gasteiger charge is -2.14. The van der Waals surface area contributed by atoms with Crippen LogP contribution in [0.4, 0.5) is 0 Å². The molecule has 1 aliphatic heterocycles. The Morgan fingerprint density at radius 1 is 1.67 bits per heavy atom.